The summed E-state index contributed by atoms with van der Waals surface area (Å²) in [7, 11) is -0.570. The first-order valence-corrected chi connectivity index (χ1v) is 11.2. The van der Waals surface area contributed by atoms with Crippen molar-refractivity contribution in [2.75, 3.05) is 27.2 Å². The summed E-state index contributed by atoms with van der Waals surface area (Å²) in [6, 6.07) is 17.6. The molecule has 1 aromatic heterocycles. The number of carbonyl (C=O) groups is 1. The van der Waals surface area contributed by atoms with E-state index in [-0.39, 0.29) is 23.9 Å². The molecule has 0 bridgehead atoms. The Kier molecular flexibility index (Phi) is 7.04. The van der Waals surface area contributed by atoms with Gasteiger partial charge in [0.1, 0.15) is 0 Å². The van der Waals surface area contributed by atoms with Crippen molar-refractivity contribution in [3.63, 3.8) is 0 Å². The molecular formula is C23H25N3O4S. The molecule has 1 heterocycles. The number of nitrogens with zero attached hydrogens (tertiary/aromatic N) is 2. The standard InChI is InChI=1S/C23H25N3O4S/c1-17-20(19-12-13-22(30-3)24-16-19)10-7-11-21(17)31(28,29)25-14-15-26(2)23(27)18-8-5-4-6-9-18/h4-13,16,25H,14-15H2,1-3H3. The maximum absolute atomic E-state index is 12.9. The Morgan fingerprint density at radius 3 is 2.45 bits per heavy atom. The molecule has 0 fully saturated rings. The molecule has 0 atom stereocenters. The molecular weight excluding hydrogens is 414 g/mol. The SMILES string of the molecule is COc1ccc(-c2cccc(S(=O)(=O)NCCN(C)C(=O)c3ccccc3)c2C)cn1. The van der Waals surface area contributed by atoms with E-state index >= 15 is 0 Å². The van der Waals surface area contributed by atoms with Crippen LogP contribution in [0.25, 0.3) is 11.1 Å². The molecule has 0 unspecified atom stereocenters. The van der Waals surface area contributed by atoms with Gasteiger partial charge in [-0.25, -0.2) is 18.1 Å². The smallest absolute Gasteiger partial charge is 0.253 e. The van der Waals surface area contributed by atoms with Gasteiger partial charge in [-0.3, -0.25) is 4.79 Å². The minimum absolute atomic E-state index is 0.102. The molecule has 0 aliphatic rings. The normalized spacial score (nSPS) is 11.2. The molecule has 3 rings (SSSR count). The first-order chi connectivity index (χ1) is 14.8. The Balaban J connectivity index is 1.71. The topological polar surface area (TPSA) is 88.6 Å². The van der Waals surface area contributed by atoms with Gasteiger partial charge in [0, 0.05) is 43.5 Å². The molecule has 0 spiro atoms. The van der Waals surface area contributed by atoms with Crippen LogP contribution >= 0.6 is 0 Å². The number of methoxy groups -OCH3 is 1. The molecule has 0 radical (unpaired) electrons. The molecule has 0 aliphatic carbocycles. The van der Waals surface area contributed by atoms with Crippen LogP contribution < -0.4 is 9.46 Å². The number of benzene rings is 2. The third-order valence-electron chi connectivity index (χ3n) is 4.94. The summed E-state index contributed by atoms with van der Waals surface area (Å²) in [6.45, 7) is 2.11. The average molecular weight is 440 g/mol. The van der Waals surface area contributed by atoms with Crippen molar-refractivity contribution >= 4 is 15.9 Å². The van der Waals surface area contributed by atoms with Crippen LogP contribution in [0.4, 0.5) is 0 Å². The Bertz CT molecular complexity index is 1150. The number of nitrogens with one attached hydrogen (secondary N) is 1. The van der Waals surface area contributed by atoms with Crippen LogP contribution in [0.3, 0.4) is 0 Å². The van der Waals surface area contributed by atoms with E-state index < -0.39 is 10.0 Å². The highest BCUT2D eigenvalue weighted by atomic mass is 32.2. The summed E-state index contributed by atoms with van der Waals surface area (Å²) in [4.78, 5) is 18.3. The van der Waals surface area contributed by atoms with Crippen molar-refractivity contribution in [3.05, 3.63) is 78.0 Å². The van der Waals surface area contributed by atoms with Gasteiger partial charge in [0.25, 0.3) is 5.91 Å². The van der Waals surface area contributed by atoms with E-state index in [4.69, 9.17) is 4.74 Å². The van der Waals surface area contributed by atoms with Gasteiger partial charge >= 0.3 is 0 Å². The zero-order chi connectivity index (χ0) is 22.4. The number of pyridine rings is 1. The Labute approximate surface area is 182 Å². The highest BCUT2D eigenvalue weighted by molar-refractivity contribution is 7.89. The number of hydrogen-bond donors (Lipinski definition) is 1. The zero-order valence-corrected chi connectivity index (χ0v) is 18.5. The van der Waals surface area contributed by atoms with Gasteiger partial charge in [-0.1, -0.05) is 30.3 Å². The summed E-state index contributed by atoms with van der Waals surface area (Å²) in [6.07, 6.45) is 1.65. The fraction of sp³-hybridized carbons (Fsp3) is 0.217. The van der Waals surface area contributed by atoms with E-state index in [1.165, 1.54) is 12.0 Å². The number of aromatic nitrogens is 1. The fourth-order valence-electron chi connectivity index (χ4n) is 3.21. The first kappa shape index (κ1) is 22.5. The number of likely N-dealkylation sites (N-methyl/N-ethyl adjacent to an activating group) is 1. The van der Waals surface area contributed by atoms with Gasteiger partial charge in [-0.15, -0.1) is 0 Å². The predicted molar refractivity (Wildman–Crippen MR) is 120 cm³/mol. The van der Waals surface area contributed by atoms with Crippen LogP contribution in [0.15, 0.2) is 71.8 Å². The van der Waals surface area contributed by atoms with E-state index in [2.05, 4.69) is 9.71 Å². The van der Waals surface area contributed by atoms with E-state index in [9.17, 15) is 13.2 Å². The number of rotatable bonds is 8. The number of amides is 1. The number of sulfonamides is 1. The average Bonchev–Trinajstić information content (AvgIpc) is 2.79. The summed E-state index contributed by atoms with van der Waals surface area (Å²) in [5, 5.41) is 0. The lowest BCUT2D eigenvalue weighted by molar-refractivity contribution is 0.0797. The largest absolute Gasteiger partial charge is 0.481 e. The number of ether oxygens (including phenoxy) is 1. The van der Waals surface area contributed by atoms with E-state index in [0.717, 1.165) is 11.1 Å². The van der Waals surface area contributed by atoms with Crippen molar-refractivity contribution in [1.82, 2.24) is 14.6 Å². The lowest BCUT2D eigenvalue weighted by Crippen LogP contribution is -2.36. The molecule has 7 nitrogen and oxygen atoms in total. The maximum Gasteiger partial charge on any atom is 0.253 e. The molecule has 3 aromatic rings. The molecule has 0 saturated heterocycles. The fourth-order valence-corrected chi connectivity index (χ4v) is 4.49. The van der Waals surface area contributed by atoms with Crippen LogP contribution in [0.5, 0.6) is 5.88 Å². The Hall–Kier alpha value is -3.23. The summed E-state index contributed by atoms with van der Waals surface area (Å²) in [5.41, 5.74) is 2.75. The number of hydrogen-bond acceptors (Lipinski definition) is 5. The van der Waals surface area contributed by atoms with Crippen molar-refractivity contribution in [3.8, 4) is 17.0 Å². The summed E-state index contributed by atoms with van der Waals surface area (Å²) in [5.74, 6) is 0.325. The van der Waals surface area contributed by atoms with E-state index in [0.29, 0.717) is 17.0 Å². The Morgan fingerprint density at radius 2 is 1.81 bits per heavy atom. The molecule has 1 N–H and O–H groups in total. The van der Waals surface area contributed by atoms with Crippen LogP contribution in [0.1, 0.15) is 15.9 Å². The van der Waals surface area contributed by atoms with Crippen LogP contribution in [0.2, 0.25) is 0 Å². The van der Waals surface area contributed by atoms with Crippen LogP contribution in [0, 0.1) is 6.92 Å². The third-order valence-corrected chi connectivity index (χ3v) is 6.54. The second-order valence-corrected chi connectivity index (χ2v) is 8.74. The van der Waals surface area contributed by atoms with Gasteiger partial charge in [-0.2, -0.15) is 0 Å². The maximum atomic E-state index is 12.9. The van der Waals surface area contributed by atoms with Crippen molar-refractivity contribution in [1.29, 1.82) is 0 Å². The Morgan fingerprint density at radius 1 is 1.06 bits per heavy atom. The third kappa shape index (κ3) is 5.28. The summed E-state index contributed by atoms with van der Waals surface area (Å²) >= 11 is 0. The van der Waals surface area contributed by atoms with E-state index in [1.807, 2.05) is 18.2 Å². The minimum atomic E-state index is -3.75. The van der Waals surface area contributed by atoms with Crippen molar-refractivity contribution in [2.45, 2.75) is 11.8 Å². The molecule has 2 aromatic carbocycles. The highest BCUT2D eigenvalue weighted by Crippen LogP contribution is 2.28. The van der Waals surface area contributed by atoms with Crippen LogP contribution in [-0.2, 0) is 10.0 Å². The molecule has 8 heteroatoms. The minimum Gasteiger partial charge on any atom is -0.481 e. The number of carbonyl (C=O) groups excluding carboxylic acids is 1. The van der Waals surface area contributed by atoms with Gasteiger partial charge in [0.05, 0.1) is 12.0 Å². The lowest BCUT2D eigenvalue weighted by Gasteiger charge is -2.18. The van der Waals surface area contributed by atoms with E-state index in [1.54, 1.807) is 62.6 Å². The zero-order valence-electron chi connectivity index (χ0n) is 17.7. The molecule has 162 valence electrons. The van der Waals surface area contributed by atoms with Gasteiger partial charge < -0.3 is 9.64 Å². The van der Waals surface area contributed by atoms with Crippen molar-refractivity contribution in [2.24, 2.45) is 0 Å². The highest BCUT2D eigenvalue weighted by Gasteiger charge is 2.19. The van der Waals surface area contributed by atoms with Gasteiger partial charge in [0.2, 0.25) is 15.9 Å². The molecule has 0 aliphatic heterocycles. The first-order valence-electron chi connectivity index (χ1n) is 9.73. The van der Waals surface area contributed by atoms with Gasteiger partial charge in [0.15, 0.2) is 0 Å². The summed E-state index contributed by atoms with van der Waals surface area (Å²) < 4.78 is 33.5. The lowest BCUT2D eigenvalue weighted by atomic mass is 10.0. The monoisotopic (exact) mass is 439 g/mol. The van der Waals surface area contributed by atoms with Gasteiger partial charge in [-0.05, 0) is 42.3 Å². The second-order valence-electron chi connectivity index (χ2n) is 7.01. The van der Waals surface area contributed by atoms with Crippen molar-refractivity contribution < 1.29 is 17.9 Å². The molecule has 31 heavy (non-hydrogen) atoms. The molecule has 1 amide bonds. The van der Waals surface area contributed by atoms with Crippen LogP contribution in [-0.4, -0.2) is 51.5 Å². The molecule has 0 saturated carbocycles. The quantitative estimate of drug-likeness (QED) is 0.583. The predicted octanol–water partition coefficient (Wildman–Crippen LogP) is 3.12. The second kappa shape index (κ2) is 9.72.